The Labute approximate surface area is 176 Å². The van der Waals surface area contributed by atoms with E-state index in [4.69, 9.17) is 4.74 Å². The maximum atomic E-state index is 12.2. The summed E-state index contributed by atoms with van der Waals surface area (Å²) in [6.07, 6.45) is 0.477. The lowest BCUT2D eigenvalue weighted by Gasteiger charge is -2.09. The molecule has 0 spiro atoms. The summed E-state index contributed by atoms with van der Waals surface area (Å²) in [5, 5.41) is 2.60. The molecule has 30 heavy (non-hydrogen) atoms. The minimum atomic E-state index is -3.67. The highest BCUT2D eigenvalue weighted by Gasteiger charge is 2.15. The normalized spacial score (nSPS) is 11.9. The van der Waals surface area contributed by atoms with Gasteiger partial charge in [0, 0.05) is 38.9 Å². The van der Waals surface area contributed by atoms with Crippen LogP contribution in [0.3, 0.4) is 0 Å². The number of rotatable bonds is 12. The van der Waals surface area contributed by atoms with E-state index in [1.54, 1.807) is 25.3 Å². The average molecular weight is 456 g/mol. The quantitative estimate of drug-likeness (QED) is 0.414. The summed E-state index contributed by atoms with van der Waals surface area (Å²) in [5.74, 6) is -0.404. The van der Waals surface area contributed by atoms with Crippen LogP contribution in [0.25, 0.3) is 0 Å². The van der Waals surface area contributed by atoms with Gasteiger partial charge in [-0.3, -0.25) is 4.79 Å². The van der Waals surface area contributed by atoms with Gasteiger partial charge in [-0.25, -0.2) is 26.3 Å². The van der Waals surface area contributed by atoms with Crippen molar-refractivity contribution in [1.82, 2.24) is 9.44 Å². The van der Waals surface area contributed by atoms with Gasteiger partial charge in [-0.15, -0.1) is 0 Å². The zero-order valence-corrected chi connectivity index (χ0v) is 18.1. The van der Waals surface area contributed by atoms with Crippen LogP contribution in [0.4, 0.5) is 5.69 Å². The van der Waals surface area contributed by atoms with Crippen LogP contribution in [0.2, 0.25) is 0 Å². The second-order valence-corrected chi connectivity index (χ2v) is 9.81. The van der Waals surface area contributed by atoms with Crippen LogP contribution in [-0.2, 0) is 29.6 Å². The van der Waals surface area contributed by atoms with E-state index in [0.717, 1.165) is 0 Å². The number of sulfonamides is 2. The van der Waals surface area contributed by atoms with Crippen molar-refractivity contribution in [3.63, 3.8) is 0 Å². The third kappa shape index (κ3) is 7.50. The molecule has 0 fully saturated rings. The lowest BCUT2D eigenvalue weighted by atomic mass is 10.3. The Bertz CT molecular complexity index is 1020. The molecule has 0 radical (unpaired) electrons. The maximum Gasteiger partial charge on any atom is 0.240 e. The van der Waals surface area contributed by atoms with Gasteiger partial charge < -0.3 is 10.1 Å². The molecular weight excluding hydrogens is 430 g/mol. The zero-order chi connectivity index (χ0) is 22.0. The zero-order valence-electron chi connectivity index (χ0n) is 16.5. The first-order valence-electron chi connectivity index (χ1n) is 9.18. The van der Waals surface area contributed by atoms with Crippen LogP contribution < -0.4 is 14.8 Å². The van der Waals surface area contributed by atoms with Crippen molar-refractivity contribution in [2.45, 2.75) is 22.6 Å². The topological polar surface area (TPSA) is 131 Å². The molecule has 164 valence electrons. The van der Waals surface area contributed by atoms with Crippen LogP contribution in [-0.4, -0.2) is 49.5 Å². The van der Waals surface area contributed by atoms with Crippen molar-refractivity contribution in [2.24, 2.45) is 0 Å². The Kier molecular flexibility index (Phi) is 8.93. The van der Waals surface area contributed by atoms with Gasteiger partial charge in [0.15, 0.2) is 0 Å². The lowest BCUT2D eigenvalue weighted by Crippen LogP contribution is -2.27. The van der Waals surface area contributed by atoms with Crippen molar-refractivity contribution in [2.75, 3.05) is 32.1 Å². The number of methoxy groups -OCH3 is 1. The van der Waals surface area contributed by atoms with Gasteiger partial charge >= 0.3 is 0 Å². The molecule has 1 amide bonds. The number of anilines is 1. The van der Waals surface area contributed by atoms with Crippen molar-refractivity contribution in [3.05, 3.63) is 54.6 Å². The molecule has 9 nitrogen and oxygen atoms in total. The third-order valence-electron chi connectivity index (χ3n) is 3.96. The summed E-state index contributed by atoms with van der Waals surface area (Å²) in [4.78, 5) is 12.2. The molecule has 0 aliphatic heterocycles. The number of carbonyl (C=O) groups excluding carboxylic acids is 1. The van der Waals surface area contributed by atoms with Crippen molar-refractivity contribution in [1.29, 1.82) is 0 Å². The Morgan fingerprint density at radius 3 is 2.00 bits per heavy atom. The van der Waals surface area contributed by atoms with Gasteiger partial charge in [0.05, 0.1) is 9.79 Å². The summed E-state index contributed by atoms with van der Waals surface area (Å²) in [6, 6.07) is 13.6. The fourth-order valence-electron chi connectivity index (χ4n) is 2.43. The molecule has 2 rings (SSSR count). The number of carbonyl (C=O) groups is 1. The summed E-state index contributed by atoms with van der Waals surface area (Å²) < 4.78 is 58.3. The van der Waals surface area contributed by atoms with Gasteiger partial charge in [0.25, 0.3) is 0 Å². The number of ether oxygens (including phenoxy) is 1. The molecule has 0 saturated carbocycles. The monoisotopic (exact) mass is 455 g/mol. The average Bonchev–Trinajstić information content (AvgIpc) is 2.72. The van der Waals surface area contributed by atoms with E-state index in [-0.39, 0.29) is 29.3 Å². The second kappa shape index (κ2) is 11.2. The van der Waals surface area contributed by atoms with E-state index < -0.39 is 26.0 Å². The molecular formula is C19H25N3O6S2. The Morgan fingerprint density at radius 1 is 0.833 bits per heavy atom. The van der Waals surface area contributed by atoms with Gasteiger partial charge in [-0.2, -0.15) is 0 Å². The number of benzene rings is 2. The number of hydrogen-bond acceptors (Lipinski definition) is 6. The van der Waals surface area contributed by atoms with Gasteiger partial charge in [-0.1, -0.05) is 18.2 Å². The van der Waals surface area contributed by atoms with E-state index in [0.29, 0.717) is 18.7 Å². The molecule has 2 aromatic rings. The predicted molar refractivity (Wildman–Crippen MR) is 113 cm³/mol. The van der Waals surface area contributed by atoms with Crippen LogP contribution >= 0.6 is 0 Å². The van der Waals surface area contributed by atoms with E-state index in [1.165, 1.54) is 36.4 Å². The van der Waals surface area contributed by atoms with Gasteiger partial charge in [0.1, 0.15) is 0 Å². The first kappa shape index (κ1) is 24.0. The predicted octanol–water partition coefficient (Wildman–Crippen LogP) is 1.31. The molecule has 11 heteroatoms. The fourth-order valence-corrected chi connectivity index (χ4v) is 4.56. The summed E-state index contributed by atoms with van der Waals surface area (Å²) >= 11 is 0. The Balaban J connectivity index is 1.83. The molecule has 3 N–H and O–H groups in total. The van der Waals surface area contributed by atoms with E-state index in [1.807, 2.05) is 0 Å². The Morgan fingerprint density at radius 2 is 1.40 bits per heavy atom. The highest BCUT2D eigenvalue weighted by Crippen LogP contribution is 2.14. The number of amides is 1. The molecule has 2 aromatic carbocycles. The first-order valence-corrected chi connectivity index (χ1v) is 12.1. The largest absolute Gasteiger partial charge is 0.385 e. The van der Waals surface area contributed by atoms with Crippen molar-refractivity contribution < 1.29 is 26.4 Å². The number of hydrogen-bond donors (Lipinski definition) is 3. The van der Waals surface area contributed by atoms with Gasteiger partial charge in [0.2, 0.25) is 26.0 Å². The van der Waals surface area contributed by atoms with E-state index in [2.05, 4.69) is 14.8 Å². The van der Waals surface area contributed by atoms with E-state index >= 15 is 0 Å². The third-order valence-corrected chi connectivity index (χ3v) is 6.92. The van der Waals surface area contributed by atoms with Crippen LogP contribution in [0.5, 0.6) is 0 Å². The first-order chi connectivity index (χ1) is 14.2. The molecule has 0 atom stereocenters. The van der Waals surface area contributed by atoms with Crippen molar-refractivity contribution >= 4 is 31.6 Å². The number of nitrogens with one attached hydrogen (secondary N) is 3. The second-order valence-electron chi connectivity index (χ2n) is 6.28. The minimum Gasteiger partial charge on any atom is -0.385 e. The Hall–Kier alpha value is -2.31. The molecule has 0 unspecified atom stereocenters. The highest BCUT2D eigenvalue weighted by atomic mass is 32.2. The van der Waals surface area contributed by atoms with Crippen LogP contribution in [0.1, 0.15) is 12.8 Å². The molecule has 0 aliphatic carbocycles. The molecule has 0 bridgehead atoms. The molecule has 0 heterocycles. The minimum absolute atomic E-state index is 0.0685. The van der Waals surface area contributed by atoms with E-state index in [9.17, 15) is 21.6 Å². The summed E-state index contributed by atoms with van der Waals surface area (Å²) in [5.41, 5.74) is 0.407. The fraction of sp³-hybridized carbons (Fsp3) is 0.316. The lowest BCUT2D eigenvalue weighted by molar-refractivity contribution is -0.116. The van der Waals surface area contributed by atoms with Crippen molar-refractivity contribution in [3.8, 4) is 0 Å². The standard InChI is InChI=1S/C19H25N3O6S2/c1-28-15-5-13-20-30(26,27)18-10-8-16(9-11-18)22-19(23)12-14-21-29(24,25)17-6-3-2-4-7-17/h2-4,6-11,20-21H,5,12-15H2,1H3,(H,22,23). The molecule has 0 saturated heterocycles. The van der Waals surface area contributed by atoms with Gasteiger partial charge in [-0.05, 0) is 42.8 Å². The van der Waals surface area contributed by atoms with Crippen LogP contribution in [0, 0.1) is 0 Å². The summed E-state index contributed by atoms with van der Waals surface area (Å²) in [7, 11) is -5.77. The smallest absolute Gasteiger partial charge is 0.240 e. The SMILES string of the molecule is COCCCNS(=O)(=O)c1ccc(NC(=O)CCNS(=O)(=O)c2ccccc2)cc1. The highest BCUT2D eigenvalue weighted by molar-refractivity contribution is 7.89. The summed E-state index contributed by atoms with van der Waals surface area (Å²) in [6.45, 7) is 0.642. The molecule has 0 aromatic heterocycles. The molecule has 0 aliphatic rings. The van der Waals surface area contributed by atoms with Crippen LogP contribution in [0.15, 0.2) is 64.4 Å². The maximum absolute atomic E-state index is 12.2.